The molecule has 0 radical (unpaired) electrons. The second kappa shape index (κ2) is 2.60. The maximum atomic E-state index is 10.6. The monoisotopic (exact) mass is 147 g/mol. The van der Waals surface area contributed by atoms with E-state index in [1.807, 2.05) is 13.8 Å². The van der Waals surface area contributed by atoms with Crippen LogP contribution in [-0.4, -0.2) is 10.7 Å². The van der Waals surface area contributed by atoms with Crippen LogP contribution in [-0.2, 0) is 4.79 Å². The molecule has 1 unspecified atom stereocenters. The molecule has 1 amide bonds. The Hall–Kier alpha value is -0.180. The van der Waals surface area contributed by atoms with Gasteiger partial charge in [0, 0.05) is 0 Å². The van der Waals surface area contributed by atoms with Crippen LogP contribution in [0.25, 0.3) is 0 Å². The van der Waals surface area contributed by atoms with Crippen molar-refractivity contribution < 1.29 is 4.79 Å². The van der Waals surface area contributed by atoms with Crippen LogP contribution in [0, 0.1) is 5.92 Å². The second-order valence-corrected chi connectivity index (χ2v) is 3.60. The van der Waals surface area contributed by atoms with Crippen molar-refractivity contribution in [1.82, 2.24) is 0 Å². The van der Waals surface area contributed by atoms with Crippen molar-refractivity contribution >= 4 is 18.5 Å². The summed E-state index contributed by atoms with van der Waals surface area (Å²) in [6.45, 7) is 5.55. The minimum Gasteiger partial charge on any atom is -0.368 e. The quantitative estimate of drug-likeness (QED) is 0.558. The highest BCUT2D eigenvalue weighted by atomic mass is 32.1. The van der Waals surface area contributed by atoms with Crippen LogP contribution >= 0.6 is 12.6 Å². The third-order valence-corrected chi connectivity index (χ3v) is 2.36. The van der Waals surface area contributed by atoms with Crippen LogP contribution in [0.4, 0.5) is 0 Å². The van der Waals surface area contributed by atoms with E-state index in [1.165, 1.54) is 0 Å². The van der Waals surface area contributed by atoms with Crippen molar-refractivity contribution in [3.63, 3.8) is 0 Å². The Bertz CT molecular complexity index is 120. The van der Waals surface area contributed by atoms with Crippen molar-refractivity contribution in [3.05, 3.63) is 0 Å². The summed E-state index contributed by atoms with van der Waals surface area (Å²) in [5, 5.41) is 0. The van der Waals surface area contributed by atoms with E-state index in [9.17, 15) is 4.79 Å². The van der Waals surface area contributed by atoms with Gasteiger partial charge in [-0.2, -0.15) is 12.6 Å². The summed E-state index contributed by atoms with van der Waals surface area (Å²) < 4.78 is -0.667. The van der Waals surface area contributed by atoms with Gasteiger partial charge in [0.1, 0.15) is 0 Å². The molecule has 0 heterocycles. The number of thiol groups is 1. The van der Waals surface area contributed by atoms with Gasteiger partial charge in [0.2, 0.25) is 5.91 Å². The van der Waals surface area contributed by atoms with Crippen molar-refractivity contribution in [2.75, 3.05) is 0 Å². The first-order chi connectivity index (χ1) is 3.89. The molecule has 1 atom stereocenters. The molecular formula is C6H13NOS. The number of hydrogen-bond acceptors (Lipinski definition) is 2. The molecule has 0 aromatic carbocycles. The molecule has 0 fully saturated rings. The van der Waals surface area contributed by atoms with Gasteiger partial charge >= 0.3 is 0 Å². The zero-order valence-corrected chi connectivity index (χ0v) is 6.90. The Kier molecular flexibility index (Phi) is 2.55. The van der Waals surface area contributed by atoms with E-state index in [2.05, 4.69) is 12.6 Å². The molecule has 2 nitrogen and oxygen atoms in total. The molecule has 0 aromatic rings. The van der Waals surface area contributed by atoms with Gasteiger partial charge in [0.05, 0.1) is 4.75 Å². The first kappa shape index (κ1) is 8.82. The van der Waals surface area contributed by atoms with Crippen LogP contribution in [0.1, 0.15) is 20.8 Å². The minimum atomic E-state index is -0.667. The Morgan fingerprint density at radius 3 is 2.00 bits per heavy atom. The average molecular weight is 147 g/mol. The normalized spacial score (nSPS) is 17.4. The van der Waals surface area contributed by atoms with Gasteiger partial charge in [-0.05, 0) is 12.8 Å². The number of hydrogen-bond donors (Lipinski definition) is 2. The van der Waals surface area contributed by atoms with Crippen molar-refractivity contribution in [3.8, 4) is 0 Å². The molecule has 0 aliphatic carbocycles. The van der Waals surface area contributed by atoms with E-state index in [0.29, 0.717) is 0 Å². The highest BCUT2D eigenvalue weighted by Gasteiger charge is 2.29. The second-order valence-electron chi connectivity index (χ2n) is 2.67. The standard InChI is InChI=1S/C6H13NOS/c1-4(2)6(3,9)5(7)8/h4,9H,1-3H3,(H2,7,8). The topological polar surface area (TPSA) is 43.1 Å². The van der Waals surface area contributed by atoms with Gasteiger partial charge < -0.3 is 5.73 Å². The summed E-state index contributed by atoms with van der Waals surface area (Å²) in [7, 11) is 0. The lowest BCUT2D eigenvalue weighted by Crippen LogP contribution is -2.40. The number of carbonyl (C=O) groups is 1. The third kappa shape index (κ3) is 1.90. The molecule has 9 heavy (non-hydrogen) atoms. The smallest absolute Gasteiger partial charge is 0.233 e. The highest BCUT2D eigenvalue weighted by Crippen LogP contribution is 2.22. The molecule has 0 spiro atoms. The average Bonchev–Trinajstić information content (AvgIpc) is 1.65. The first-order valence-corrected chi connectivity index (χ1v) is 3.36. The zero-order valence-electron chi connectivity index (χ0n) is 6.01. The third-order valence-electron chi connectivity index (χ3n) is 1.62. The predicted octanol–water partition coefficient (Wildman–Crippen LogP) is 0.816. The van der Waals surface area contributed by atoms with Crippen LogP contribution < -0.4 is 5.73 Å². The van der Waals surface area contributed by atoms with Crippen molar-refractivity contribution in [1.29, 1.82) is 0 Å². The molecule has 0 aromatic heterocycles. The van der Waals surface area contributed by atoms with E-state index >= 15 is 0 Å². The highest BCUT2D eigenvalue weighted by molar-refractivity contribution is 7.82. The maximum Gasteiger partial charge on any atom is 0.233 e. The molecule has 0 bridgehead atoms. The Morgan fingerprint density at radius 1 is 1.67 bits per heavy atom. The fourth-order valence-corrected chi connectivity index (χ4v) is 0.285. The van der Waals surface area contributed by atoms with Gasteiger partial charge in [0.15, 0.2) is 0 Å². The number of primary amides is 1. The van der Waals surface area contributed by atoms with Gasteiger partial charge in [-0.15, -0.1) is 0 Å². The van der Waals surface area contributed by atoms with Gasteiger partial charge in [-0.25, -0.2) is 0 Å². The Labute approximate surface area is 61.2 Å². The molecule has 0 saturated heterocycles. The largest absolute Gasteiger partial charge is 0.368 e. The molecular weight excluding hydrogens is 134 g/mol. The molecule has 0 saturated carbocycles. The summed E-state index contributed by atoms with van der Waals surface area (Å²) in [4.78, 5) is 10.6. The minimum absolute atomic E-state index is 0.179. The van der Waals surface area contributed by atoms with Crippen molar-refractivity contribution in [2.24, 2.45) is 11.7 Å². The summed E-state index contributed by atoms with van der Waals surface area (Å²) in [6, 6.07) is 0. The summed E-state index contributed by atoms with van der Waals surface area (Å²) in [6.07, 6.45) is 0. The Morgan fingerprint density at radius 2 is 2.00 bits per heavy atom. The molecule has 0 aliphatic rings. The number of rotatable bonds is 2. The van der Waals surface area contributed by atoms with Crippen LogP contribution in [0.3, 0.4) is 0 Å². The molecule has 0 rings (SSSR count). The van der Waals surface area contributed by atoms with Crippen molar-refractivity contribution in [2.45, 2.75) is 25.5 Å². The lowest BCUT2D eigenvalue weighted by molar-refractivity contribution is -0.120. The summed E-state index contributed by atoms with van der Waals surface area (Å²) in [5.41, 5.74) is 5.06. The fraction of sp³-hybridized carbons (Fsp3) is 0.833. The molecule has 3 heteroatoms. The zero-order chi connectivity index (χ0) is 7.65. The molecule has 2 N–H and O–H groups in total. The van der Waals surface area contributed by atoms with E-state index in [0.717, 1.165) is 0 Å². The van der Waals surface area contributed by atoms with Gasteiger partial charge in [0.25, 0.3) is 0 Å². The van der Waals surface area contributed by atoms with E-state index < -0.39 is 4.75 Å². The SMILES string of the molecule is CC(C)C(C)(S)C(N)=O. The van der Waals surface area contributed by atoms with Crippen LogP contribution in [0.15, 0.2) is 0 Å². The lowest BCUT2D eigenvalue weighted by Gasteiger charge is -2.23. The summed E-state index contributed by atoms with van der Waals surface area (Å²) >= 11 is 4.10. The van der Waals surface area contributed by atoms with Gasteiger partial charge in [-0.1, -0.05) is 13.8 Å². The van der Waals surface area contributed by atoms with E-state index in [1.54, 1.807) is 6.92 Å². The number of carbonyl (C=O) groups excluding carboxylic acids is 1. The predicted molar refractivity (Wildman–Crippen MR) is 41.4 cm³/mol. The lowest BCUT2D eigenvalue weighted by atomic mass is 9.96. The fourth-order valence-electron chi connectivity index (χ4n) is 0.285. The number of nitrogens with two attached hydrogens (primary N) is 1. The maximum absolute atomic E-state index is 10.6. The molecule has 54 valence electrons. The summed E-state index contributed by atoms with van der Waals surface area (Å²) in [5.74, 6) is -0.181. The Balaban J connectivity index is 4.19. The van der Waals surface area contributed by atoms with Crippen LogP contribution in [0.2, 0.25) is 0 Å². The van der Waals surface area contributed by atoms with Crippen LogP contribution in [0.5, 0.6) is 0 Å². The first-order valence-electron chi connectivity index (χ1n) is 2.91. The number of amides is 1. The van der Waals surface area contributed by atoms with Gasteiger partial charge in [-0.3, -0.25) is 4.79 Å². The molecule has 0 aliphatic heterocycles. The van der Waals surface area contributed by atoms with E-state index in [4.69, 9.17) is 5.73 Å². The van der Waals surface area contributed by atoms with E-state index in [-0.39, 0.29) is 11.8 Å².